The van der Waals surface area contributed by atoms with E-state index in [1.165, 1.54) is 11.3 Å². The predicted octanol–water partition coefficient (Wildman–Crippen LogP) is 3.35. The molecule has 154 valence electrons. The van der Waals surface area contributed by atoms with E-state index in [0.29, 0.717) is 23.9 Å². The van der Waals surface area contributed by atoms with Gasteiger partial charge in [0.05, 0.1) is 9.77 Å². The highest BCUT2D eigenvalue weighted by Gasteiger charge is 2.64. The summed E-state index contributed by atoms with van der Waals surface area (Å²) in [5.74, 6) is 0.407. The summed E-state index contributed by atoms with van der Waals surface area (Å²) in [4.78, 5) is 4.36. The number of aryl methyl sites for hydroxylation is 2. The Morgan fingerprint density at radius 2 is 2.04 bits per heavy atom. The van der Waals surface area contributed by atoms with Crippen molar-refractivity contribution in [1.29, 1.82) is 0 Å². The zero-order valence-corrected chi connectivity index (χ0v) is 19.2. The van der Waals surface area contributed by atoms with Crippen LogP contribution in [0.1, 0.15) is 30.8 Å². The summed E-state index contributed by atoms with van der Waals surface area (Å²) in [6.07, 6.45) is 1.08. The first-order valence-corrected chi connectivity index (χ1v) is 12.0. The molecule has 28 heavy (non-hydrogen) atoms. The SMILES string of the molecule is Cc1cc(-c2cc(S(=O)(=O)N3C[C@@H]4C(C)(C)C[C@]4(CN(C)C)C3)c(C)s2)n[nH]1. The van der Waals surface area contributed by atoms with Gasteiger partial charge in [0.15, 0.2) is 0 Å². The van der Waals surface area contributed by atoms with E-state index in [4.69, 9.17) is 0 Å². The van der Waals surface area contributed by atoms with E-state index in [1.54, 1.807) is 10.4 Å². The lowest BCUT2D eigenvalue weighted by Crippen LogP contribution is -2.57. The third-order valence-corrected chi connectivity index (χ3v) is 9.59. The van der Waals surface area contributed by atoms with Crippen molar-refractivity contribution in [2.75, 3.05) is 33.7 Å². The Morgan fingerprint density at radius 1 is 1.32 bits per heavy atom. The zero-order valence-electron chi connectivity index (χ0n) is 17.5. The number of thiophene rings is 1. The minimum Gasteiger partial charge on any atom is -0.309 e. The zero-order chi connectivity index (χ0) is 20.5. The lowest BCUT2D eigenvalue weighted by Gasteiger charge is -2.57. The summed E-state index contributed by atoms with van der Waals surface area (Å²) >= 11 is 1.50. The number of sulfonamides is 1. The maximum atomic E-state index is 13.6. The second-order valence-electron chi connectivity index (χ2n) is 9.58. The number of hydrogen-bond donors (Lipinski definition) is 1. The van der Waals surface area contributed by atoms with Gasteiger partial charge in [0.25, 0.3) is 0 Å². The van der Waals surface area contributed by atoms with Gasteiger partial charge < -0.3 is 4.90 Å². The largest absolute Gasteiger partial charge is 0.309 e. The van der Waals surface area contributed by atoms with Crippen LogP contribution in [0.15, 0.2) is 17.0 Å². The van der Waals surface area contributed by atoms with Crippen molar-refractivity contribution < 1.29 is 8.42 Å². The highest BCUT2D eigenvalue weighted by atomic mass is 32.2. The van der Waals surface area contributed by atoms with Crippen LogP contribution in [-0.4, -0.2) is 61.5 Å². The second kappa shape index (κ2) is 6.39. The molecule has 3 heterocycles. The standard InChI is InChI=1S/C20H30N4O2S2/c1-13-7-15(22-21-13)16-8-17(14(2)27-16)28(25,26)24-9-18-19(3,4)10-20(18,12-24)11-23(5)6/h7-8,18H,9-12H2,1-6H3,(H,21,22)/t18-,20+/m1/s1. The average molecular weight is 423 g/mol. The smallest absolute Gasteiger partial charge is 0.244 e. The Bertz CT molecular complexity index is 1000. The van der Waals surface area contributed by atoms with Crippen molar-refractivity contribution in [3.63, 3.8) is 0 Å². The average Bonchev–Trinajstić information content (AvgIpc) is 3.23. The molecule has 1 N–H and O–H groups in total. The van der Waals surface area contributed by atoms with E-state index < -0.39 is 10.0 Å². The number of rotatable bonds is 5. The molecule has 0 aromatic carbocycles. The Balaban J connectivity index is 1.65. The van der Waals surface area contributed by atoms with Crippen LogP contribution in [0.25, 0.3) is 10.6 Å². The predicted molar refractivity (Wildman–Crippen MR) is 113 cm³/mol. The summed E-state index contributed by atoms with van der Waals surface area (Å²) in [6, 6.07) is 3.75. The van der Waals surface area contributed by atoms with Crippen LogP contribution in [-0.2, 0) is 10.0 Å². The molecule has 2 aliphatic rings. The van der Waals surface area contributed by atoms with Gasteiger partial charge >= 0.3 is 0 Å². The molecule has 1 saturated heterocycles. The minimum atomic E-state index is -3.51. The Kier molecular flexibility index (Phi) is 4.58. The molecule has 1 saturated carbocycles. The maximum Gasteiger partial charge on any atom is 0.244 e. The molecule has 2 fully saturated rings. The van der Waals surface area contributed by atoms with Gasteiger partial charge in [-0.1, -0.05) is 13.8 Å². The van der Waals surface area contributed by atoms with Crippen LogP contribution in [0.2, 0.25) is 0 Å². The fraction of sp³-hybridized carbons (Fsp3) is 0.650. The van der Waals surface area contributed by atoms with E-state index in [2.05, 4.69) is 43.0 Å². The molecule has 2 aromatic heterocycles. The molecule has 0 radical (unpaired) electrons. The summed E-state index contributed by atoms with van der Waals surface area (Å²) in [5.41, 5.74) is 2.04. The van der Waals surface area contributed by atoms with Crippen LogP contribution < -0.4 is 0 Å². The first-order chi connectivity index (χ1) is 12.9. The molecule has 1 aliphatic carbocycles. The number of nitrogens with zero attached hydrogens (tertiary/aromatic N) is 3. The Morgan fingerprint density at radius 3 is 2.61 bits per heavy atom. The topological polar surface area (TPSA) is 69.3 Å². The van der Waals surface area contributed by atoms with Gasteiger partial charge in [-0.05, 0) is 57.8 Å². The van der Waals surface area contributed by atoms with Gasteiger partial charge in [-0.15, -0.1) is 11.3 Å². The van der Waals surface area contributed by atoms with E-state index in [1.807, 2.05) is 19.9 Å². The van der Waals surface area contributed by atoms with Gasteiger partial charge in [-0.25, -0.2) is 8.42 Å². The quantitative estimate of drug-likeness (QED) is 0.802. The van der Waals surface area contributed by atoms with Gasteiger partial charge in [0.2, 0.25) is 10.0 Å². The minimum absolute atomic E-state index is 0.0755. The summed E-state index contributed by atoms with van der Waals surface area (Å²) in [7, 11) is 0.645. The number of aromatic amines is 1. The van der Waals surface area contributed by atoms with E-state index in [-0.39, 0.29) is 10.8 Å². The van der Waals surface area contributed by atoms with Crippen molar-refractivity contribution in [1.82, 2.24) is 19.4 Å². The molecule has 0 spiro atoms. The van der Waals surface area contributed by atoms with Crippen LogP contribution in [0, 0.1) is 30.6 Å². The Labute approximate surface area is 172 Å². The number of nitrogens with one attached hydrogen (secondary N) is 1. The van der Waals surface area contributed by atoms with E-state index >= 15 is 0 Å². The second-order valence-corrected chi connectivity index (χ2v) is 12.7. The fourth-order valence-electron chi connectivity index (χ4n) is 5.64. The molecule has 1 aliphatic heterocycles. The van der Waals surface area contributed by atoms with Gasteiger partial charge in [0, 0.05) is 35.6 Å². The molecule has 0 unspecified atom stereocenters. The van der Waals surface area contributed by atoms with Crippen LogP contribution in [0.5, 0.6) is 0 Å². The highest BCUT2D eigenvalue weighted by molar-refractivity contribution is 7.89. The molecular formula is C20H30N4O2S2. The highest BCUT2D eigenvalue weighted by Crippen LogP contribution is 2.63. The Hall–Kier alpha value is -1.22. The van der Waals surface area contributed by atoms with Crippen molar-refractivity contribution in [3.8, 4) is 10.6 Å². The summed E-state index contributed by atoms with van der Waals surface area (Å²) in [6.45, 7) is 10.6. The lowest BCUT2D eigenvalue weighted by molar-refractivity contribution is -0.0789. The van der Waals surface area contributed by atoms with Crippen LogP contribution >= 0.6 is 11.3 Å². The van der Waals surface area contributed by atoms with Gasteiger partial charge in [-0.3, -0.25) is 5.10 Å². The van der Waals surface area contributed by atoms with Gasteiger partial charge in [-0.2, -0.15) is 9.40 Å². The van der Waals surface area contributed by atoms with Gasteiger partial charge in [0.1, 0.15) is 5.69 Å². The summed E-state index contributed by atoms with van der Waals surface area (Å²) < 4.78 is 28.8. The first kappa shape index (κ1) is 20.1. The molecule has 2 atom stereocenters. The third kappa shape index (κ3) is 3.05. The number of aromatic nitrogens is 2. The molecule has 4 rings (SSSR count). The first-order valence-electron chi connectivity index (χ1n) is 9.72. The van der Waals surface area contributed by atoms with Crippen LogP contribution in [0.3, 0.4) is 0 Å². The summed E-state index contributed by atoms with van der Waals surface area (Å²) in [5, 5.41) is 7.22. The monoisotopic (exact) mass is 422 g/mol. The molecular weight excluding hydrogens is 392 g/mol. The molecule has 0 bridgehead atoms. The fourth-order valence-corrected chi connectivity index (χ4v) is 8.71. The molecule has 6 nitrogen and oxygen atoms in total. The van der Waals surface area contributed by atoms with Crippen molar-refractivity contribution in [2.45, 2.75) is 39.0 Å². The maximum absolute atomic E-state index is 13.6. The third-order valence-electron chi connectivity index (χ3n) is 6.45. The molecule has 0 amide bonds. The van der Waals surface area contributed by atoms with E-state index in [0.717, 1.165) is 34.1 Å². The lowest BCUT2D eigenvalue weighted by atomic mass is 9.48. The number of H-pyrrole nitrogens is 1. The van der Waals surface area contributed by atoms with Crippen molar-refractivity contribution >= 4 is 21.4 Å². The van der Waals surface area contributed by atoms with E-state index in [9.17, 15) is 8.42 Å². The normalized spacial score (nSPS) is 27.2. The van der Waals surface area contributed by atoms with Crippen molar-refractivity contribution in [2.24, 2.45) is 16.7 Å². The molecule has 8 heteroatoms. The number of fused-ring (bicyclic) bond motifs is 1. The number of hydrogen-bond acceptors (Lipinski definition) is 5. The molecule has 2 aromatic rings. The van der Waals surface area contributed by atoms with Crippen LogP contribution in [0.4, 0.5) is 0 Å². The van der Waals surface area contributed by atoms with Crippen molar-refractivity contribution in [3.05, 3.63) is 22.7 Å².